The average molecular weight is 289 g/mol. The standard InChI is InChI=1S/C16H23N3O2/c1-2-3-9-18-16(21)14-11-12(8-10-17-14)15(20)19-13-6-4-5-7-13/h8,10-11,13H,2-7,9H2,1H3,(H,18,21)(H,19,20). The van der Waals surface area contributed by atoms with Crippen LogP contribution >= 0.6 is 0 Å². The third kappa shape index (κ3) is 4.55. The molecule has 0 spiro atoms. The van der Waals surface area contributed by atoms with Crippen molar-refractivity contribution in [3.63, 3.8) is 0 Å². The second kappa shape index (κ2) is 7.76. The zero-order chi connectivity index (χ0) is 15.1. The summed E-state index contributed by atoms with van der Waals surface area (Å²) in [7, 11) is 0. The van der Waals surface area contributed by atoms with E-state index in [1.54, 1.807) is 12.1 Å². The van der Waals surface area contributed by atoms with Crippen molar-refractivity contribution in [3.8, 4) is 0 Å². The van der Waals surface area contributed by atoms with E-state index < -0.39 is 0 Å². The molecule has 0 aliphatic heterocycles. The van der Waals surface area contributed by atoms with Crippen molar-refractivity contribution in [2.45, 2.75) is 51.5 Å². The maximum Gasteiger partial charge on any atom is 0.269 e. The predicted octanol–water partition coefficient (Wildman–Crippen LogP) is 2.28. The first-order valence-corrected chi connectivity index (χ1v) is 7.76. The number of hydrogen-bond acceptors (Lipinski definition) is 3. The van der Waals surface area contributed by atoms with E-state index in [2.05, 4.69) is 22.5 Å². The zero-order valence-electron chi connectivity index (χ0n) is 12.5. The topological polar surface area (TPSA) is 71.1 Å². The normalized spacial score (nSPS) is 14.9. The van der Waals surface area contributed by atoms with Crippen LogP contribution in [-0.4, -0.2) is 29.4 Å². The number of nitrogens with one attached hydrogen (secondary N) is 2. The first-order chi connectivity index (χ1) is 10.2. The van der Waals surface area contributed by atoms with E-state index in [0.717, 1.165) is 25.7 Å². The van der Waals surface area contributed by atoms with Crippen molar-refractivity contribution >= 4 is 11.8 Å². The summed E-state index contributed by atoms with van der Waals surface area (Å²) >= 11 is 0. The highest BCUT2D eigenvalue weighted by atomic mass is 16.2. The van der Waals surface area contributed by atoms with Gasteiger partial charge in [-0.15, -0.1) is 0 Å². The highest BCUT2D eigenvalue weighted by molar-refractivity contribution is 5.98. The van der Waals surface area contributed by atoms with Crippen LogP contribution in [0.5, 0.6) is 0 Å². The van der Waals surface area contributed by atoms with E-state index in [0.29, 0.717) is 17.8 Å². The number of aromatic nitrogens is 1. The Morgan fingerprint density at radius 1 is 1.29 bits per heavy atom. The lowest BCUT2D eigenvalue weighted by Crippen LogP contribution is -2.33. The predicted molar refractivity (Wildman–Crippen MR) is 81.2 cm³/mol. The zero-order valence-corrected chi connectivity index (χ0v) is 12.5. The van der Waals surface area contributed by atoms with Gasteiger partial charge in [-0.1, -0.05) is 26.2 Å². The maximum absolute atomic E-state index is 12.2. The largest absolute Gasteiger partial charge is 0.351 e. The highest BCUT2D eigenvalue weighted by Gasteiger charge is 2.18. The number of carbonyl (C=O) groups excluding carboxylic acids is 2. The molecule has 5 nitrogen and oxygen atoms in total. The first-order valence-electron chi connectivity index (χ1n) is 7.76. The molecule has 114 valence electrons. The van der Waals surface area contributed by atoms with Gasteiger partial charge in [0.15, 0.2) is 0 Å². The van der Waals surface area contributed by atoms with E-state index in [9.17, 15) is 9.59 Å². The molecule has 0 saturated heterocycles. The molecule has 5 heteroatoms. The Bertz CT molecular complexity index is 496. The summed E-state index contributed by atoms with van der Waals surface area (Å²) in [5.41, 5.74) is 0.794. The molecule has 1 fully saturated rings. The lowest BCUT2D eigenvalue weighted by atomic mass is 10.1. The van der Waals surface area contributed by atoms with Gasteiger partial charge in [0.1, 0.15) is 5.69 Å². The van der Waals surface area contributed by atoms with Gasteiger partial charge in [-0.2, -0.15) is 0 Å². The molecule has 0 atom stereocenters. The molecular formula is C16H23N3O2. The van der Waals surface area contributed by atoms with E-state index >= 15 is 0 Å². The maximum atomic E-state index is 12.2. The minimum atomic E-state index is -0.223. The summed E-state index contributed by atoms with van der Waals surface area (Å²) in [5.74, 6) is -0.342. The average Bonchev–Trinajstić information content (AvgIpc) is 3.00. The quantitative estimate of drug-likeness (QED) is 0.789. The van der Waals surface area contributed by atoms with Crippen LogP contribution in [0, 0.1) is 0 Å². The fourth-order valence-corrected chi connectivity index (χ4v) is 2.50. The molecular weight excluding hydrogens is 266 g/mol. The van der Waals surface area contributed by atoms with E-state index in [4.69, 9.17) is 0 Å². The van der Waals surface area contributed by atoms with Crippen LogP contribution in [-0.2, 0) is 0 Å². The van der Waals surface area contributed by atoms with Gasteiger partial charge in [0.2, 0.25) is 0 Å². The summed E-state index contributed by atoms with van der Waals surface area (Å²) in [6, 6.07) is 3.48. The van der Waals surface area contributed by atoms with Gasteiger partial charge in [0.05, 0.1) is 0 Å². The number of nitrogens with zero attached hydrogens (tertiary/aromatic N) is 1. The second-order valence-electron chi connectivity index (χ2n) is 5.49. The molecule has 2 amide bonds. The first kappa shape index (κ1) is 15.5. The molecule has 0 unspecified atom stereocenters. The number of carbonyl (C=O) groups is 2. The molecule has 0 bridgehead atoms. The van der Waals surface area contributed by atoms with Gasteiger partial charge >= 0.3 is 0 Å². The fraction of sp³-hybridized carbons (Fsp3) is 0.562. The lowest BCUT2D eigenvalue weighted by molar-refractivity contribution is 0.0937. The molecule has 1 aromatic rings. The summed E-state index contributed by atoms with van der Waals surface area (Å²) in [5, 5.41) is 5.82. The van der Waals surface area contributed by atoms with Crippen LogP contribution in [0.4, 0.5) is 0 Å². The smallest absolute Gasteiger partial charge is 0.269 e. The minimum absolute atomic E-state index is 0.119. The van der Waals surface area contributed by atoms with Gasteiger partial charge in [-0.25, -0.2) is 0 Å². The van der Waals surface area contributed by atoms with E-state index in [-0.39, 0.29) is 17.9 Å². The minimum Gasteiger partial charge on any atom is -0.351 e. The summed E-state index contributed by atoms with van der Waals surface area (Å²) in [4.78, 5) is 28.1. The number of pyridine rings is 1. The molecule has 1 aliphatic rings. The van der Waals surface area contributed by atoms with Crippen LogP contribution in [0.3, 0.4) is 0 Å². The Balaban J connectivity index is 1.95. The van der Waals surface area contributed by atoms with Gasteiger partial charge in [-0.3, -0.25) is 14.6 Å². The number of hydrogen-bond donors (Lipinski definition) is 2. The summed E-state index contributed by atoms with van der Waals surface area (Å²) in [6.07, 6.45) is 7.91. The number of amides is 2. The van der Waals surface area contributed by atoms with Crippen molar-refractivity contribution in [1.29, 1.82) is 0 Å². The second-order valence-corrected chi connectivity index (χ2v) is 5.49. The van der Waals surface area contributed by atoms with Crippen molar-refractivity contribution in [3.05, 3.63) is 29.6 Å². The highest BCUT2D eigenvalue weighted by Crippen LogP contribution is 2.18. The van der Waals surface area contributed by atoms with Crippen LogP contribution in [0.1, 0.15) is 66.3 Å². The fourth-order valence-electron chi connectivity index (χ4n) is 2.50. The molecule has 2 rings (SSSR count). The monoisotopic (exact) mass is 289 g/mol. The van der Waals surface area contributed by atoms with Gasteiger partial charge < -0.3 is 10.6 Å². The third-order valence-electron chi connectivity index (χ3n) is 3.76. The van der Waals surface area contributed by atoms with Gasteiger partial charge in [-0.05, 0) is 31.4 Å². The van der Waals surface area contributed by atoms with E-state index in [1.807, 2.05) is 0 Å². The SMILES string of the molecule is CCCCNC(=O)c1cc(C(=O)NC2CCCC2)ccn1. The molecule has 1 aromatic heterocycles. The lowest BCUT2D eigenvalue weighted by Gasteiger charge is -2.12. The Labute approximate surface area is 125 Å². The van der Waals surface area contributed by atoms with Crippen molar-refractivity contribution in [1.82, 2.24) is 15.6 Å². The molecule has 2 N–H and O–H groups in total. The van der Waals surface area contributed by atoms with Crippen molar-refractivity contribution < 1.29 is 9.59 Å². The summed E-state index contributed by atoms with van der Waals surface area (Å²) < 4.78 is 0. The molecule has 0 radical (unpaired) electrons. The molecule has 21 heavy (non-hydrogen) atoms. The Morgan fingerprint density at radius 3 is 2.76 bits per heavy atom. The van der Waals surface area contributed by atoms with Gasteiger partial charge in [0, 0.05) is 24.3 Å². The van der Waals surface area contributed by atoms with Crippen LogP contribution < -0.4 is 10.6 Å². The van der Waals surface area contributed by atoms with Crippen LogP contribution in [0.25, 0.3) is 0 Å². The van der Waals surface area contributed by atoms with E-state index in [1.165, 1.54) is 19.0 Å². The van der Waals surface area contributed by atoms with Crippen LogP contribution in [0.2, 0.25) is 0 Å². The summed E-state index contributed by atoms with van der Waals surface area (Å²) in [6.45, 7) is 2.70. The molecule has 1 heterocycles. The molecule has 1 aliphatic carbocycles. The number of rotatable bonds is 6. The van der Waals surface area contributed by atoms with Gasteiger partial charge in [0.25, 0.3) is 11.8 Å². The third-order valence-corrected chi connectivity index (χ3v) is 3.76. The number of unbranched alkanes of at least 4 members (excludes halogenated alkanes) is 1. The molecule has 1 saturated carbocycles. The Kier molecular flexibility index (Phi) is 5.72. The molecule has 0 aromatic carbocycles. The Morgan fingerprint density at radius 2 is 2.05 bits per heavy atom. The van der Waals surface area contributed by atoms with Crippen molar-refractivity contribution in [2.24, 2.45) is 0 Å². The van der Waals surface area contributed by atoms with Crippen LogP contribution in [0.15, 0.2) is 18.3 Å². The van der Waals surface area contributed by atoms with Crippen molar-refractivity contribution in [2.75, 3.05) is 6.54 Å². The Hall–Kier alpha value is -1.91.